The summed E-state index contributed by atoms with van der Waals surface area (Å²) in [6, 6.07) is 42.0. The van der Waals surface area contributed by atoms with Gasteiger partial charge in [-0.2, -0.15) is 5.26 Å². The smallest absolute Gasteiger partial charge is 0.126 e. The van der Waals surface area contributed by atoms with Crippen molar-refractivity contribution in [3.63, 3.8) is 0 Å². The Labute approximate surface area is 255 Å². The van der Waals surface area contributed by atoms with Crippen molar-refractivity contribution < 1.29 is 0 Å². The first-order valence-electron chi connectivity index (χ1n) is 14.4. The SMILES string of the molecule is CC(C)(C)c1cc(-c2ccc(C#N)cc2)c2nc(-c3ccccc3N=Cc3cc4ccccc4c4ccccc34)sc2c1. The monoisotopic (exact) mass is 571 g/mol. The number of aliphatic imine (C=N–C) groups is 1. The van der Waals surface area contributed by atoms with E-state index in [2.05, 4.69) is 106 Å². The Kier molecular flexibility index (Phi) is 6.61. The van der Waals surface area contributed by atoms with Crippen molar-refractivity contribution in [2.45, 2.75) is 26.2 Å². The third-order valence-electron chi connectivity index (χ3n) is 7.96. The highest BCUT2D eigenvalue weighted by Gasteiger charge is 2.20. The molecule has 0 aliphatic heterocycles. The quantitative estimate of drug-likeness (QED) is 0.156. The maximum Gasteiger partial charge on any atom is 0.126 e. The molecular formula is C39H29N3S. The zero-order chi connectivity index (χ0) is 29.6. The van der Waals surface area contributed by atoms with Crippen molar-refractivity contribution in [3.05, 3.63) is 132 Å². The average Bonchev–Trinajstić information content (AvgIpc) is 3.47. The Morgan fingerprint density at radius 2 is 1.44 bits per heavy atom. The largest absolute Gasteiger partial charge is 0.256 e. The van der Waals surface area contributed by atoms with Gasteiger partial charge in [-0.15, -0.1) is 11.3 Å². The molecule has 0 amide bonds. The minimum Gasteiger partial charge on any atom is -0.256 e. The molecule has 0 bridgehead atoms. The molecule has 0 aliphatic rings. The lowest BCUT2D eigenvalue weighted by atomic mass is 9.85. The molecule has 7 rings (SSSR count). The first kappa shape index (κ1) is 26.8. The normalized spacial score (nSPS) is 12.0. The summed E-state index contributed by atoms with van der Waals surface area (Å²) in [5.41, 5.74) is 7.97. The number of nitrogens with zero attached hydrogens (tertiary/aromatic N) is 3. The van der Waals surface area contributed by atoms with Gasteiger partial charge in [-0.3, -0.25) is 4.99 Å². The molecule has 43 heavy (non-hydrogen) atoms. The third kappa shape index (κ3) is 4.99. The summed E-state index contributed by atoms with van der Waals surface area (Å²) in [4.78, 5) is 10.3. The van der Waals surface area contributed by atoms with E-state index in [1.54, 1.807) is 11.3 Å². The Morgan fingerprint density at radius 3 is 2.21 bits per heavy atom. The van der Waals surface area contributed by atoms with Crippen LogP contribution in [-0.2, 0) is 5.41 Å². The first-order valence-corrected chi connectivity index (χ1v) is 15.2. The van der Waals surface area contributed by atoms with Crippen LogP contribution in [0.15, 0.2) is 120 Å². The second-order valence-electron chi connectivity index (χ2n) is 11.8. The average molecular weight is 572 g/mol. The van der Waals surface area contributed by atoms with E-state index in [9.17, 15) is 5.26 Å². The second kappa shape index (κ2) is 10.6. The molecule has 1 aromatic heterocycles. The van der Waals surface area contributed by atoms with Gasteiger partial charge in [-0.05, 0) is 80.6 Å². The van der Waals surface area contributed by atoms with E-state index in [-0.39, 0.29) is 5.41 Å². The Balaban J connectivity index is 1.36. The molecule has 0 radical (unpaired) electrons. The zero-order valence-corrected chi connectivity index (χ0v) is 25.1. The molecule has 0 atom stereocenters. The van der Waals surface area contributed by atoms with Crippen LogP contribution in [0.25, 0.3) is 53.5 Å². The number of hydrogen-bond acceptors (Lipinski definition) is 4. The Hall–Kier alpha value is -5.11. The molecule has 3 nitrogen and oxygen atoms in total. The second-order valence-corrected chi connectivity index (χ2v) is 12.9. The van der Waals surface area contributed by atoms with Crippen molar-refractivity contribution in [2.24, 2.45) is 4.99 Å². The molecule has 4 heteroatoms. The number of benzene rings is 6. The molecule has 7 aromatic rings. The number of hydrogen-bond donors (Lipinski definition) is 0. The summed E-state index contributed by atoms with van der Waals surface area (Å²) in [6.07, 6.45) is 1.99. The van der Waals surface area contributed by atoms with Gasteiger partial charge in [0.15, 0.2) is 0 Å². The van der Waals surface area contributed by atoms with Gasteiger partial charge in [0.1, 0.15) is 5.01 Å². The van der Waals surface area contributed by atoms with Crippen molar-refractivity contribution in [3.8, 4) is 27.8 Å². The van der Waals surface area contributed by atoms with E-state index in [0.29, 0.717) is 5.56 Å². The van der Waals surface area contributed by atoms with Gasteiger partial charge in [-0.1, -0.05) is 93.6 Å². The molecule has 0 saturated heterocycles. The van der Waals surface area contributed by atoms with Gasteiger partial charge in [0, 0.05) is 22.9 Å². The minimum absolute atomic E-state index is 0.0233. The summed E-state index contributed by atoms with van der Waals surface area (Å²) in [7, 11) is 0. The van der Waals surface area contributed by atoms with Crippen molar-refractivity contribution >= 4 is 55.0 Å². The number of thiazole rings is 1. The third-order valence-corrected chi connectivity index (χ3v) is 9.00. The summed E-state index contributed by atoms with van der Waals surface area (Å²) in [5, 5.41) is 15.1. The molecule has 206 valence electrons. The highest BCUT2D eigenvalue weighted by molar-refractivity contribution is 7.21. The predicted molar refractivity (Wildman–Crippen MR) is 183 cm³/mol. The van der Waals surface area contributed by atoms with E-state index in [1.165, 1.54) is 27.1 Å². The van der Waals surface area contributed by atoms with Gasteiger partial charge in [-0.25, -0.2) is 4.98 Å². The molecule has 6 aromatic carbocycles. The van der Waals surface area contributed by atoms with E-state index in [0.717, 1.165) is 43.2 Å². The fourth-order valence-electron chi connectivity index (χ4n) is 5.62. The van der Waals surface area contributed by atoms with Crippen molar-refractivity contribution in [2.75, 3.05) is 0 Å². The highest BCUT2D eigenvalue weighted by Crippen LogP contribution is 2.41. The number of fused-ring (bicyclic) bond motifs is 4. The lowest BCUT2D eigenvalue weighted by Crippen LogP contribution is -2.11. The van der Waals surface area contributed by atoms with Gasteiger partial charge in [0.25, 0.3) is 0 Å². The molecule has 0 saturated carbocycles. The summed E-state index contributed by atoms with van der Waals surface area (Å²) < 4.78 is 1.14. The number of para-hydroxylation sites is 1. The maximum absolute atomic E-state index is 9.32. The zero-order valence-electron chi connectivity index (χ0n) is 24.3. The van der Waals surface area contributed by atoms with E-state index in [1.807, 2.05) is 42.6 Å². The standard InChI is InChI=1S/C39H29N3S/c1-39(2,3)29-21-34(26-18-16-25(23-40)17-19-26)37-36(22-29)43-38(42-37)33-14-8-9-15-35(33)41-24-28-20-27-10-4-5-11-30(27)32-13-7-6-12-31(28)32/h4-22,24H,1-3H3. The van der Waals surface area contributed by atoms with E-state index < -0.39 is 0 Å². The van der Waals surface area contributed by atoms with Crippen LogP contribution in [0.3, 0.4) is 0 Å². The topological polar surface area (TPSA) is 49.0 Å². The number of aromatic nitrogens is 1. The van der Waals surface area contributed by atoms with Crippen LogP contribution in [-0.4, -0.2) is 11.2 Å². The Morgan fingerprint density at radius 1 is 0.744 bits per heavy atom. The van der Waals surface area contributed by atoms with Gasteiger partial charge in [0.2, 0.25) is 0 Å². The molecule has 0 aliphatic carbocycles. The number of rotatable bonds is 4. The van der Waals surface area contributed by atoms with Crippen LogP contribution >= 0.6 is 11.3 Å². The van der Waals surface area contributed by atoms with Gasteiger partial charge >= 0.3 is 0 Å². The summed E-state index contributed by atoms with van der Waals surface area (Å²) >= 11 is 1.70. The lowest BCUT2D eigenvalue weighted by molar-refractivity contribution is 0.591. The molecule has 0 fully saturated rings. The van der Waals surface area contributed by atoms with Gasteiger partial charge in [0.05, 0.1) is 27.5 Å². The van der Waals surface area contributed by atoms with Crippen LogP contribution in [0.2, 0.25) is 0 Å². The molecule has 0 spiro atoms. The minimum atomic E-state index is -0.0233. The lowest BCUT2D eigenvalue weighted by Gasteiger charge is -2.20. The van der Waals surface area contributed by atoms with Crippen LogP contribution < -0.4 is 0 Å². The first-order chi connectivity index (χ1) is 20.9. The number of nitriles is 1. The molecular weight excluding hydrogens is 543 g/mol. The predicted octanol–water partition coefficient (Wildman–Crippen LogP) is 10.9. The van der Waals surface area contributed by atoms with Crippen LogP contribution in [0.5, 0.6) is 0 Å². The van der Waals surface area contributed by atoms with E-state index >= 15 is 0 Å². The van der Waals surface area contributed by atoms with Crippen LogP contribution in [0, 0.1) is 11.3 Å². The highest BCUT2D eigenvalue weighted by atomic mass is 32.1. The molecule has 0 unspecified atom stereocenters. The Bertz CT molecular complexity index is 2230. The maximum atomic E-state index is 9.32. The van der Waals surface area contributed by atoms with Crippen LogP contribution in [0.4, 0.5) is 5.69 Å². The summed E-state index contributed by atoms with van der Waals surface area (Å²) in [5.74, 6) is 0. The van der Waals surface area contributed by atoms with Crippen LogP contribution in [0.1, 0.15) is 37.5 Å². The molecule has 1 heterocycles. The fourth-order valence-corrected chi connectivity index (χ4v) is 6.68. The van der Waals surface area contributed by atoms with Crippen molar-refractivity contribution in [1.82, 2.24) is 4.98 Å². The summed E-state index contributed by atoms with van der Waals surface area (Å²) in [6.45, 7) is 6.71. The van der Waals surface area contributed by atoms with E-state index in [4.69, 9.17) is 9.98 Å². The molecule has 0 N–H and O–H groups in total. The fraction of sp³-hybridized carbons (Fsp3) is 0.103. The van der Waals surface area contributed by atoms with Gasteiger partial charge < -0.3 is 0 Å². The van der Waals surface area contributed by atoms with Crippen molar-refractivity contribution in [1.29, 1.82) is 5.26 Å².